The quantitative estimate of drug-likeness (QED) is 0.689. The number of rotatable bonds is 4. The van der Waals surface area contributed by atoms with E-state index in [9.17, 15) is 14.4 Å². The molecule has 0 aliphatic carbocycles. The summed E-state index contributed by atoms with van der Waals surface area (Å²) in [4.78, 5) is 37.2. The normalized spacial score (nSPS) is 10.7. The predicted molar refractivity (Wildman–Crippen MR) is 96.6 cm³/mol. The second-order valence-corrected chi connectivity index (χ2v) is 5.84. The Balaban J connectivity index is 1.90. The monoisotopic (exact) mass is 353 g/mol. The van der Waals surface area contributed by atoms with E-state index in [-0.39, 0.29) is 11.3 Å². The van der Waals surface area contributed by atoms with Crippen LogP contribution >= 0.6 is 0 Å². The van der Waals surface area contributed by atoms with Gasteiger partial charge in [0.05, 0.1) is 5.39 Å². The van der Waals surface area contributed by atoms with Crippen molar-refractivity contribution in [2.75, 3.05) is 0 Å². The van der Waals surface area contributed by atoms with E-state index in [2.05, 4.69) is 16.0 Å². The number of nitrogens with one attached hydrogen (secondary N) is 2. The minimum absolute atomic E-state index is 0.0841. The third kappa shape index (κ3) is 3.21. The lowest BCUT2D eigenvalue weighted by atomic mass is 10.1. The number of amides is 2. The summed E-state index contributed by atoms with van der Waals surface area (Å²) in [6.45, 7) is 2.32. The van der Waals surface area contributed by atoms with Crippen molar-refractivity contribution in [1.82, 2.24) is 25.2 Å². The highest BCUT2D eigenvalue weighted by Crippen LogP contribution is 2.13. The molecule has 0 unspecified atom stereocenters. The molecule has 8 heteroatoms. The highest BCUT2D eigenvalue weighted by atomic mass is 16.2. The molecule has 2 N–H and O–H groups in total. The molecular formula is C18H19N5O3. The molecule has 0 radical (unpaired) electrons. The Morgan fingerprint density at radius 2 is 1.73 bits per heavy atom. The fourth-order valence-corrected chi connectivity index (χ4v) is 2.70. The average molecular weight is 353 g/mol. The molecule has 0 spiro atoms. The molecule has 26 heavy (non-hydrogen) atoms. The standard InChI is InChI=1S/C18H19N5O3/c1-3-10-23-18(26)13-8-5-4-7-12(13)15(21-23)17(25)20-19-16(24)14-9-6-11-22(14)2/h4-9,11H,3,10H2,1-2H3,(H,19,24)(H,20,25). The van der Waals surface area contributed by atoms with Gasteiger partial charge in [0.25, 0.3) is 17.4 Å². The topological polar surface area (TPSA) is 98.0 Å². The van der Waals surface area contributed by atoms with Crippen LogP contribution in [0.1, 0.15) is 34.3 Å². The molecule has 134 valence electrons. The van der Waals surface area contributed by atoms with E-state index in [1.165, 1.54) is 4.68 Å². The van der Waals surface area contributed by atoms with Gasteiger partial charge in [0.1, 0.15) is 5.69 Å². The zero-order valence-corrected chi connectivity index (χ0v) is 14.5. The fourth-order valence-electron chi connectivity index (χ4n) is 2.70. The van der Waals surface area contributed by atoms with Crippen LogP contribution in [0.2, 0.25) is 0 Å². The number of hydrazine groups is 1. The summed E-state index contributed by atoms with van der Waals surface area (Å²) in [7, 11) is 1.73. The zero-order chi connectivity index (χ0) is 18.7. The van der Waals surface area contributed by atoms with Crippen molar-refractivity contribution in [2.24, 2.45) is 7.05 Å². The summed E-state index contributed by atoms with van der Waals surface area (Å²) in [6.07, 6.45) is 2.43. The number of aromatic nitrogens is 3. The van der Waals surface area contributed by atoms with Crippen LogP contribution in [0.5, 0.6) is 0 Å². The molecule has 0 saturated carbocycles. The third-order valence-corrected chi connectivity index (χ3v) is 3.98. The number of aryl methyl sites for hydroxylation is 2. The number of nitrogens with zero attached hydrogens (tertiary/aromatic N) is 3. The summed E-state index contributed by atoms with van der Waals surface area (Å²) >= 11 is 0. The van der Waals surface area contributed by atoms with Crippen molar-refractivity contribution in [2.45, 2.75) is 19.9 Å². The van der Waals surface area contributed by atoms with E-state index in [4.69, 9.17) is 0 Å². The van der Waals surface area contributed by atoms with E-state index in [0.29, 0.717) is 29.4 Å². The van der Waals surface area contributed by atoms with Crippen LogP contribution < -0.4 is 16.4 Å². The minimum atomic E-state index is -0.589. The van der Waals surface area contributed by atoms with Crippen molar-refractivity contribution in [3.05, 3.63) is 64.3 Å². The minimum Gasteiger partial charge on any atom is -0.347 e. The zero-order valence-electron chi connectivity index (χ0n) is 14.5. The van der Waals surface area contributed by atoms with Gasteiger partial charge >= 0.3 is 0 Å². The summed E-state index contributed by atoms with van der Waals surface area (Å²) in [6, 6.07) is 10.1. The van der Waals surface area contributed by atoms with Crippen molar-refractivity contribution >= 4 is 22.6 Å². The van der Waals surface area contributed by atoms with Crippen molar-refractivity contribution < 1.29 is 9.59 Å². The Morgan fingerprint density at radius 1 is 1.04 bits per heavy atom. The molecule has 0 fully saturated rings. The van der Waals surface area contributed by atoms with Crippen molar-refractivity contribution in [3.63, 3.8) is 0 Å². The largest absolute Gasteiger partial charge is 0.347 e. The Bertz CT molecular complexity index is 1030. The molecule has 0 saturated heterocycles. The Kier molecular flexibility index (Phi) is 4.83. The molecule has 3 aromatic rings. The van der Waals surface area contributed by atoms with Gasteiger partial charge in [-0.2, -0.15) is 5.10 Å². The summed E-state index contributed by atoms with van der Waals surface area (Å²) in [5.41, 5.74) is 4.98. The Morgan fingerprint density at radius 3 is 2.38 bits per heavy atom. The molecule has 0 aliphatic rings. The van der Waals surface area contributed by atoms with Crippen LogP contribution in [-0.2, 0) is 13.6 Å². The molecule has 8 nitrogen and oxygen atoms in total. The van der Waals surface area contributed by atoms with E-state index in [1.807, 2.05) is 6.92 Å². The molecule has 0 bridgehead atoms. The van der Waals surface area contributed by atoms with Gasteiger partial charge < -0.3 is 4.57 Å². The van der Waals surface area contributed by atoms with Gasteiger partial charge in [-0.15, -0.1) is 0 Å². The Labute approximate surface area is 149 Å². The van der Waals surface area contributed by atoms with E-state index in [0.717, 1.165) is 0 Å². The first-order chi connectivity index (χ1) is 12.5. The van der Waals surface area contributed by atoms with Gasteiger partial charge in [0, 0.05) is 25.2 Å². The van der Waals surface area contributed by atoms with Gasteiger partial charge in [0.15, 0.2) is 5.69 Å². The first-order valence-electron chi connectivity index (χ1n) is 8.24. The van der Waals surface area contributed by atoms with Crippen LogP contribution in [0.4, 0.5) is 0 Å². The molecule has 1 aromatic carbocycles. The SMILES string of the molecule is CCCn1nc(C(=O)NNC(=O)c2cccn2C)c2ccccc2c1=O. The maximum atomic E-state index is 12.6. The molecule has 2 heterocycles. The number of carbonyl (C=O) groups excluding carboxylic acids is 2. The summed E-state index contributed by atoms with van der Waals surface area (Å²) in [5, 5.41) is 5.04. The highest BCUT2D eigenvalue weighted by molar-refractivity contribution is 6.05. The molecule has 0 atom stereocenters. The molecule has 2 aromatic heterocycles. The van der Waals surface area contributed by atoms with E-state index >= 15 is 0 Å². The molecule has 0 aliphatic heterocycles. The van der Waals surface area contributed by atoms with Gasteiger partial charge in [-0.1, -0.05) is 25.1 Å². The summed E-state index contributed by atoms with van der Waals surface area (Å²) < 4.78 is 2.91. The number of hydrogen-bond acceptors (Lipinski definition) is 4. The van der Waals surface area contributed by atoms with Gasteiger partial charge in [-0.25, -0.2) is 4.68 Å². The smallest absolute Gasteiger partial charge is 0.290 e. The number of carbonyl (C=O) groups is 2. The van der Waals surface area contributed by atoms with Crippen molar-refractivity contribution in [3.8, 4) is 0 Å². The molecule has 2 amide bonds. The first kappa shape index (κ1) is 17.4. The van der Waals surface area contributed by atoms with Crippen LogP contribution in [0.25, 0.3) is 10.8 Å². The van der Waals surface area contributed by atoms with Gasteiger partial charge in [-0.05, 0) is 24.6 Å². The van der Waals surface area contributed by atoms with E-state index in [1.54, 1.807) is 54.2 Å². The summed E-state index contributed by atoms with van der Waals surface area (Å²) in [5.74, 6) is -1.04. The average Bonchev–Trinajstić information content (AvgIpc) is 3.08. The number of fused-ring (bicyclic) bond motifs is 1. The van der Waals surface area contributed by atoms with Crippen LogP contribution in [0, 0.1) is 0 Å². The van der Waals surface area contributed by atoms with Crippen LogP contribution in [-0.4, -0.2) is 26.2 Å². The fraction of sp³-hybridized carbons (Fsp3) is 0.222. The van der Waals surface area contributed by atoms with Gasteiger partial charge in [0.2, 0.25) is 0 Å². The second-order valence-electron chi connectivity index (χ2n) is 5.84. The van der Waals surface area contributed by atoms with Gasteiger partial charge in [-0.3, -0.25) is 25.2 Å². The highest BCUT2D eigenvalue weighted by Gasteiger charge is 2.17. The number of hydrogen-bond donors (Lipinski definition) is 2. The lowest BCUT2D eigenvalue weighted by Crippen LogP contribution is -2.43. The lowest BCUT2D eigenvalue weighted by Gasteiger charge is -2.11. The number of benzene rings is 1. The first-order valence-corrected chi connectivity index (χ1v) is 8.24. The van der Waals surface area contributed by atoms with Crippen LogP contribution in [0.3, 0.4) is 0 Å². The maximum absolute atomic E-state index is 12.6. The Hall–Kier alpha value is -3.42. The molecule has 3 rings (SSSR count). The maximum Gasteiger partial charge on any atom is 0.290 e. The third-order valence-electron chi connectivity index (χ3n) is 3.98. The molecular weight excluding hydrogens is 334 g/mol. The predicted octanol–water partition coefficient (Wildman–Crippen LogP) is 1.22. The second kappa shape index (κ2) is 7.22. The van der Waals surface area contributed by atoms with Crippen LogP contribution in [0.15, 0.2) is 47.4 Å². The van der Waals surface area contributed by atoms with E-state index < -0.39 is 11.8 Å². The lowest BCUT2D eigenvalue weighted by molar-refractivity contribution is 0.0839. The van der Waals surface area contributed by atoms with Crippen molar-refractivity contribution in [1.29, 1.82) is 0 Å².